The first-order valence-electron chi connectivity index (χ1n) is 8.29. The number of carbonyl (C=O) groups excluding carboxylic acids is 2. The fourth-order valence-corrected chi connectivity index (χ4v) is 3.09. The summed E-state index contributed by atoms with van der Waals surface area (Å²) < 4.78 is 25.8. The molecule has 0 bridgehead atoms. The van der Waals surface area contributed by atoms with Crippen molar-refractivity contribution in [2.45, 2.75) is 25.2 Å². The van der Waals surface area contributed by atoms with Gasteiger partial charge in [-0.15, -0.1) is 5.10 Å². The Morgan fingerprint density at radius 1 is 1.26 bits per heavy atom. The van der Waals surface area contributed by atoms with Crippen molar-refractivity contribution in [3.05, 3.63) is 35.7 Å². The van der Waals surface area contributed by atoms with E-state index in [1.165, 1.54) is 30.0 Å². The van der Waals surface area contributed by atoms with E-state index in [1.54, 1.807) is 18.2 Å². The van der Waals surface area contributed by atoms with Gasteiger partial charge in [0.2, 0.25) is 0 Å². The zero-order valence-electron chi connectivity index (χ0n) is 15.0. The van der Waals surface area contributed by atoms with Crippen LogP contribution in [0.15, 0.2) is 24.4 Å². The van der Waals surface area contributed by atoms with E-state index in [4.69, 9.17) is 15.2 Å². The normalized spacial score (nSPS) is 19.1. The Bertz CT molecular complexity index is 833. The number of ether oxygens (including phenoxy) is 2. The third kappa shape index (κ3) is 3.99. The maximum absolute atomic E-state index is 14.1. The molecule has 1 aromatic heterocycles. The Morgan fingerprint density at radius 2 is 1.93 bits per heavy atom. The van der Waals surface area contributed by atoms with Crippen LogP contribution in [0.25, 0.3) is 0 Å². The number of nitrogens with zero attached hydrogens (tertiary/aromatic N) is 4. The maximum Gasteiger partial charge on any atom is 0.270 e. The predicted molar refractivity (Wildman–Crippen MR) is 92.4 cm³/mol. The van der Waals surface area contributed by atoms with Crippen LogP contribution in [0.5, 0.6) is 11.5 Å². The fourth-order valence-electron chi connectivity index (χ4n) is 3.09. The molecule has 0 saturated carbocycles. The van der Waals surface area contributed by atoms with Crippen LogP contribution in [0.4, 0.5) is 4.39 Å². The first-order valence-corrected chi connectivity index (χ1v) is 8.29. The number of carbonyl (C=O) groups is 2. The number of likely N-dealkylation sites (tertiary alicyclic amines) is 1. The molecule has 0 spiro atoms. The first kappa shape index (κ1) is 18.6. The van der Waals surface area contributed by atoms with Gasteiger partial charge in [0.05, 0.1) is 39.5 Å². The van der Waals surface area contributed by atoms with Crippen molar-refractivity contribution >= 4 is 11.8 Å². The quantitative estimate of drug-likeness (QED) is 0.791. The summed E-state index contributed by atoms with van der Waals surface area (Å²) >= 11 is 0. The number of methoxy groups -OCH3 is 2. The number of nitrogens with two attached hydrogens (primary N) is 1. The van der Waals surface area contributed by atoms with Gasteiger partial charge < -0.3 is 20.1 Å². The molecule has 2 heterocycles. The Kier molecular flexibility index (Phi) is 5.24. The topological polar surface area (TPSA) is 113 Å². The summed E-state index contributed by atoms with van der Waals surface area (Å²) in [5.74, 6) is -0.111. The molecule has 0 aliphatic carbocycles. The van der Waals surface area contributed by atoms with Gasteiger partial charge in [-0.25, -0.2) is 9.07 Å². The highest BCUT2D eigenvalue weighted by molar-refractivity contribution is 5.95. The number of hydrogen-bond donors (Lipinski definition) is 1. The third-order valence-electron chi connectivity index (χ3n) is 4.41. The second kappa shape index (κ2) is 7.60. The van der Waals surface area contributed by atoms with E-state index in [0.717, 1.165) is 0 Å². The minimum atomic E-state index is -1.15. The summed E-state index contributed by atoms with van der Waals surface area (Å²) in [4.78, 5) is 25.6. The summed E-state index contributed by atoms with van der Waals surface area (Å²) in [6, 6.07) is 4.37. The van der Waals surface area contributed by atoms with Gasteiger partial charge >= 0.3 is 0 Å². The number of aromatic nitrogens is 3. The molecule has 1 fully saturated rings. The molecular weight excluding hydrogens is 357 g/mol. The van der Waals surface area contributed by atoms with E-state index >= 15 is 0 Å². The average molecular weight is 377 g/mol. The fraction of sp³-hybridized carbons (Fsp3) is 0.412. The molecule has 2 amide bonds. The van der Waals surface area contributed by atoms with E-state index < -0.39 is 18.1 Å². The number of hydrogen-bond acceptors (Lipinski definition) is 6. The lowest BCUT2D eigenvalue weighted by Crippen LogP contribution is -2.38. The Balaban J connectivity index is 1.82. The second-order valence-corrected chi connectivity index (χ2v) is 6.24. The highest BCUT2D eigenvalue weighted by atomic mass is 19.1. The van der Waals surface area contributed by atoms with Gasteiger partial charge in [0, 0.05) is 18.1 Å². The Morgan fingerprint density at radius 3 is 2.48 bits per heavy atom. The summed E-state index contributed by atoms with van der Waals surface area (Å²) in [7, 11) is 2.97. The molecule has 0 radical (unpaired) electrons. The molecule has 1 aliphatic rings. The van der Waals surface area contributed by atoms with Crippen LogP contribution in [0.2, 0.25) is 0 Å². The van der Waals surface area contributed by atoms with Crippen molar-refractivity contribution in [1.29, 1.82) is 0 Å². The SMILES string of the molecule is COc1cc(OC)cc(C(=O)N2C[C@@H](F)C[C@H]2Cn2cc(C(N)=O)nn2)c1. The molecule has 3 rings (SSSR count). The van der Waals surface area contributed by atoms with Crippen LogP contribution in [0.1, 0.15) is 27.3 Å². The van der Waals surface area contributed by atoms with Gasteiger partial charge in [-0.1, -0.05) is 5.21 Å². The van der Waals surface area contributed by atoms with E-state index in [-0.39, 0.29) is 31.1 Å². The highest BCUT2D eigenvalue weighted by Gasteiger charge is 2.36. The molecule has 10 heteroatoms. The lowest BCUT2D eigenvalue weighted by atomic mass is 10.1. The number of halogens is 1. The van der Waals surface area contributed by atoms with Crippen molar-refractivity contribution in [3.63, 3.8) is 0 Å². The highest BCUT2D eigenvalue weighted by Crippen LogP contribution is 2.28. The van der Waals surface area contributed by atoms with Crippen molar-refractivity contribution in [3.8, 4) is 11.5 Å². The van der Waals surface area contributed by atoms with Crippen molar-refractivity contribution in [2.75, 3.05) is 20.8 Å². The molecule has 2 N–H and O–H groups in total. The monoisotopic (exact) mass is 377 g/mol. The molecule has 144 valence electrons. The van der Waals surface area contributed by atoms with Crippen molar-refractivity contribution in [2.24, 2.45) is 5.73 Å². The number of benzene rings is 1. The van der Waals surface area contributed by atoms with Crippen LogP contribution in [0.3, 0.4) is 0 Å². The van der Waals surface area contributed by atoms with Gasteiger partial charge in [0.15, 0.2) is 5.69 Å². The van der Waals surface area contributed by atoms with Gasteiger partial charge in [0.1, 0.15) is 17.7 Å². The molecule has 1 aliphatic heterocycles. The van der Waals surface area contributed by atoms with Crippen molar-refractivity contribution < 1.29 is 23.5 Å². The molecule has 2 aromatic rings. The number of alkyl halides is 1. The number of amides is 2. The summed E-state index contributed by atoms with van der Waals surface area (Å²) in [6.45, 7) is 0.175. The molecular formula is C17H20FN5O4. The van der Waals surface area contributed by atoms with Crippen molar-refractivity contribution in [1.82, 2.24) is 19.9 Å². The summed E-state index contributed by atoms with van der Waals surface area (Å²) in [5.41, 5.74) is 5.51. The Hall–Kier alpha value is -3.17. The van der Waals surface area contributed by atoms with Gasteiger partial charge in [-0.05, 0) is 12.1 Å². The van der Waals surface area contributed by atoms with Gasteiger partial charge in [-0.3, -0.25) is 9.59 Å². The zero-order chi connectivity index (χ0) is 19.6. The van der Waals surface area contributed by atoms with Gasteiger partial charge in [-0.2, -0.15) is 0 Å². The molecule has 1 saturated heterocycles. The van der Waals surface area contributed by atoms with E-state index in [1.807, 2.05) is 0 Å². The molecule has 27 heavy (non-hydrogen) atoms. The minimum Gasteiger partial charge on any atom is -0.497 e. The molecule has 0 unspecified atom stereocenters. The summed E-state index contributed by atoms with van der Waals surface area (Å²) in [6.07, 6.45) is 0.398. The standard InChI is InChI=1S/C17H20FN5O4/c1-26-13-3-10(4-14(6-13)27-2)17(25)23-7-11(18)5-12(23)8-22-9-15(16(19)24)20-21-22/h3-4,6,9,11-12H,5,7-8H2,1-2H3,(H2,19,24)/t11-,12-/m0/s1. The lowest BCUT2D eigenvalue weighted by Gasteiger charge is -2.24. The number of primary amides is 1. The average Bonchev–Trinajstić information content (AvgIpc) is 3.27. The Labute approximate surface area is 154 Å². The van der Waals surface area contributed by atoms with Crippen LogP contribution < -0.4 is 15.2 Å². The first-order chi connectivity index (χ1) is 12.9. The third-order valence-corrected chi connectivity index (χ3v) is 4.41. The predicted octanol–water partition coefficient (Wildman–Crippen LogP) is 0.647. The minimum absolute atomic E-state index is 0.0141. The second-order valence-electron chi connectivity index (χ2n) is 6.24. The molecule has 2 atom stereocenters. The van der Waals surface area contributed by atoms with Crippen LogP contribution in [0, 0.1) is 0 Å². The smallest absolute Gasteiger partial charge is 0.270 e. The summed E-state index contributed by atoms with van der Waals surface area (Å²) in [5, 5.41) is 7.47. The number of rotatable bonds is 6. The maximum atomic E-state index is 14.1. The van der Waals surface area contributed by atoms with Crippen LogP contribution >= 0.6 is 0 Å². The van der Waals surface area contributed by atoms with Crippen LogP contribution in [-0.2, 0) is 6.54 Å². The molecule has 9 nitrogen and oxygen atoms in total. The lowest BCUT2D eigenvalue weighted by molar-refractivity contribution is 0.0713. The van der Waals surface area contributed by atoms with Crippen LogP contribution in [-0.4, -0.2) is 64.7 Å². The van der Waals surface area contributed by atoms with E-state index in [0.29, 0.717) is 17.1 Å². The largest absolute Gasteiger partial charge is 0.497 e. The van der Waals surface area contributed by atoms with E-state index in [9.17, 15) is 14.0 Å². The van der Waals surface area contributed by atoms with Gasteiger partial charge in [0.25, 0.3) is 11.8 Å². The molecule has 1 aromatic carbocycles. The van der Waals surface area contributed by atoms with E-state index in [2.05, 4.69) is 10.3 Å². The zero-order valence-corrected chi connectivity index (χ0v) is 15.0.